The first-order valence-electron chi connectivity index (χ1n) is 7.09. The number of nitrogens with zero attached hydrogens (tertiary/aromatic N) is 1. The molecule has 94 valence electrons. The topological polar surface area (TPSA) is 15.3 Å². The van der Waals surface area contributed by atoms with Crippen LogP contribution in [0.3, 0.4) is 0 Å². The maximum absolute atomic E-state index is 3.46. The SMILES string of the molecule is CC1CC(C)CC(N(C)C2CCNCC2)C1. The van der Waals surface area contributed by atoms with E-state index in [1.54, 1.807) is 0 Å². The molecule has 0 amide bonds. The predicted octanol–water partition coefficient (Wildman–Crippen LogP) is 2.49. The zero-order valence-corrected chi connectivity index (χ0v) is 11.2. The van der Waals surface area contributed by atoms with Crippen molar-refractivity contribution in [1.82, 2.24) is 10.2 Å². The van der Waals surface area contributed by atoms with Gasteiger partial charge in [0.15, 0.2) is 0 Å². The predicted molar refractivity (Wildman–Crippen MR) is 69.6 cm³/mol. The first-order chi connectivity index (χ1) is 7.66. The van der Waals surface area contributed by atoms with Gasteiger partial charge < -0.3 is 10.2 Å². The van der Waals surface area contributed by atoms with Crippen LogP contribution in [0.1, 0.15) is 46.0 Å². The Hall–Kier alpha value is -0.0800. The van der Waals surface area contributed by atoms with Crippen LogP contribution in [-0.4, -0.2) is 37.1 Å². The Bertz CT molecular complexity index is 201. The summed E-state index contributed by atoms with van der Waals surface area (Å²) in [7, 11) is 2.37. The van der Waals surface area contributed by atoms with Crippen molar-refractivity contribution in [3.05, 3.63) is 0 Å². The fourth-order valence-corrected chi connectivity index (χ4v) is 3.75. The normalized spacial score (nSPS) is 37.9. The lowest BCUT2D eigenvalue weighted by Gasteiger charge is -2.42. The van der Waals surface area contributed by atoms with Crippen LogP contribution in [0.4, 0.5) is 0 Å². The molecule has 1 saturated heterocycles. The molecule has 2 atom stereocenters. The highest BCUT2D eigenvalue weighted by molar-refractivity contribution is 4.85. The average Bonchev–Trinajstić information content (AvgIpc) is 2.28. The second kappa shape index (κ2) is 5.50. The van der Waals surface area contributed by atoms with Crippen LogP contribution in [0.5, 0.6) is 0 Å². The van der Waals surface area contributed by atoms with Gasteiger partial charge in [0.05, 0.1) is 0 Å². The minimum absolute atomic E-state index is 0.837. The van der Waals surface area contributed by atoms with Gasteiger partial charge in [-0.3, -0.25) is 0 Å². The van der Waals surface area contributed by atoms with E-state index in [4.69, 9.17) is 0 Å². The van der Waals surface area contributed by atoms with Gasteiger partial charge in [-0.2, -0.15) is 0 Å². The third-order valence-electron chi connectivity index (χ3n) is 4.61. The summed E-state index contributed by atoms with van der Waals surface area (Å²) in [6, 6.07) is 1.69. The number of nitrogens with one attached hydrogen (secondary N) is 1. The lowest BCUT2D eigenvalue weighted by molar-refractivity contribution is 0.0813. The van der Waals surface area contributed by atoms with Gasteiger partial charge in [-0.25, -0.2) is 0 Å². The highest BCUT2D eigenvalue weighted by Gasteiger charge is 2.30. The van der Waals surface area contributed by atoms with E-state index in [1.165, 1.54) is 45.2 Å². The van der Waals surface area contributed by atoms with E-state index < -0.39 is 0 Å². The summed E-state index contributed by atoms with van der Waals surface area (Å²) < 4.78 is 0. The molecule has 2 aliphatic rings. The molecule has 2 rings (SSSR count). The molecule has 0 aromatic rings. The molecule has 2 unspecified atom stereocenters. The van der Waals surface area contributed by atoms with Crippen LogP contribution in [0.2, 0.25) is 0 Å². The van der Waals surface area contributed by atoms with Gasteiger partial charge in [0.25, 0.3) is 0 Å². The van der Waals surface area contributed by atoms with Crippen LogP contribution < -0.4 is 5.32 Å². The molecule has 1 saturated carbocycles. The fraction of sp³-hybridized carbons (Fsp3) is 1.00. The number of hydrogen-bond donors (Lipinski definition) is 1. The summed E-state index contributed by atoms with van der Waals surface area (Å²) >= 11 is 0. The minimum atomic E-state index is 0.837. The number of piperidine rings is 1. The van der Waals surface area contributed by atoms with Crippen molar-refractivity contribution in [3.8, 4) is 0 Å². The van der Waals surface area contributed by atoms with Gasteiger partial charge in [0.1, 0.15) is 0 Å². The third-order valence-corrected chi connectivity index (χ3v) is 4.61. The summed E-state index contributed by atoms with van der Waals surface area (Å²) in [5, 5.41) is 3.46. The highest BCUT2D eigenvalue weighted by atomic mass is 15.2. The van der Waals surface area contributed by atoms with Crippen LogP contribution in [0, 0.1) is 11.8 Å². The number of hydrogen-bond acceptors (Lipinski definition) is 2. The summed E-state index contributed by atoms with van der Waals surface area (Å²) in [5.41, 5.74) is 0. The van der Waals surface area contributed by atoms with E-state index in [1.807, 2.05) is 0 Å². The second-order valence-electron chi connectivity index (χ2n) is 6.22. The molecular weight excluding hydrogens is 196 g/mol. The Labute approximate surface area is 101 Å². The van der Waals surface area contributed by atoms with Crippen LogP contribution >= 0.6 is 0 Å². The Kier molecular flexibility index (Phi) is 4.26. The molecule has 0 spiro atoms. The van der Waals surface area contributed by atoms with Crippen molar-refractivity contribution >= 4 is 0 Å². The molecule has 1 heterocycles. The van der Waals surface area contributed by atoms with E-state index >= 15 is 0 Å². The van der Waals surface area contributed by atoms with Crippen molar-refractivity contribution in [2.24, 2.45) is 11.8 Å². The fourth-order valence-electron chi connectivity index (χ4n) is 3.75. The van der Waals surface area contributed by atoms with Crippen molar-refractivity contribution in [2.75, 3.05) is 20.1 Å². The molecule has 0 aromatic carbocycles. The summed E-state index contributed by atoms with van der Waals surface area (Å²) in [6.07, 6.45) is 6.97. The molecule has 0 bridgehead atoms. The molecule has 2 heteroatoms. The van der Waals surface area contributed by atoms with Crippen LogP contribution in [0.15, 0.2) is 0 Å². The van der Waals surface area contributed by atoms with Crippen LogP contribution in [0.25, 0.3) is 0 Å². The molecule has 1 N–H and O–H groups in total. The van der Waals surface area contributed by atoms with Gasteiger partial charge in [0, 0.05) is 12.1 Å². The zero-order valence-electron chi connectivity index (χ0n) is 11.2. The summed E-state index contributed by atoms with van der Waals surface area (Å²) in [5.74, 6) is 1.86. The Morgan fingerprint density at radius 3 is 2.00 bits per heavy atom. The maximum Gasteiger partial charge on any atom is 0.0119 e. The smallest absolute Gasteiger partial charge is 0.0119 e. The second-order valence-corrected chi connectivity index (χ2v) is 6.22. The lowest BCUT2D eigenvalue weighted by Crippen LogP contribution is -2.48. The quantitative estimate of drug-likeness (QED) is 0.775. The summed E-state index contributed by atoms with van der Waals surface area (Å²) in [4.78, 5) is 2.70. The average molecular weight is 224 g/mol. The van der Waals surface area contributed by atoms with Gasteiger partial charge in [0.2, 0.25) is 0 Å². The van der Waals surface area contributed by atoms with E-state index in [2.05, 4.69) is 31.1 Å². The molecule has 0 aromatic heterocycles. The zero-order chi connectivity index (χ0) is 11.5. The van der Waals surface area contributed by atoms with Crippen molar-refractivity contribution in [3.63, 3.8) is 0 Å². The Balaban J connectivity index is 1.89. The van der Waals surface area contributed by atoms with E-state index in [0.717, 1.165) is 23.9 Å². The molecule has 1 aliphatic carbocycles. The number of rotatable bonds is 2. The van der Waals surface area contributed by atoms with Crippen LogP contribution in [-0.2, 0) is 0 Å². The molecule has 2 nitrogen and oxygen atoms in total. The van der Waals surface area contributed by atoms with Crippen molar-refractivity contribution in [2.45, 2.75) is 58.0 Å². The molecule has 1 aliphatic heterocycles. The molecule has 16 heavy (non-hydrogen) atoms. The monoisotopic (exact) mass is 224 g/mol. The van der Waals surface area contributed by atoms with E-state index in [-0.39, 0.29) is 0 Å². The maximum atomic E-state index is 3.46. The third kappa shape index (κ3) is 2.98. The van der Waals surface area contributed by atoms with Crippen molar-refractivity contribution < 1.29 is 0 Å². The van der Waals surface area contributed by atoms with Gasteiger partial charge in [-0.05, 0) is 64.1 Å². The van der Waals surface area contributed by atoms with Gasteiger partial charge in [-0.15, -0.1) is 0 Å². The Morgan fingerprint density at radius 1 is 0.875 bits per heavy atom. The largest absolute Gasteiger partial charge is 0.317 e. The first kappa shape index (κ1) is 12.4. The first-order valence-corrected chi connectivity index (χ1v) is 7.09. The highest BCUT2D eigenvalue weighted by Crippen LogP contribution is 2.32. The van der Waals surface area contributed by atoms with E-state index in [0.29, 0.717) is 0 Å². The molecule has 2 fully saturated rings. The minimum Gasteiger partial charge on any atom is -0.317 e. The Morgan fingerprint density at radius 2 is 1.44 bits per heavy atom. The van der Waals surface area contributed by atoms with Gasteiger partial charge >= 0.3 is 0 Å². The molecule has 0 radical (unpaired) electrons. The van der Waals surface area contributed by atoms with E-state index in [9.17, 15) is 0 Å². The standard InChI is InChI=1S/C14H28N2/c1-11-8-12(2)10-14(9-11)16(3)13-4-6-15-7-5-13/h11-15H,4-10H2,1-3H3. The summed E-state index contributed by atoms with van der Waals surface area (Å²) in [6.45, 7) is 7.29. The van der Waals surface area contributed by atoms with Crippen molar-refractivity contribution in [1.29, 1.82) is 0 Å². The lowest BCUT2D eigenvalue weighted by atomic mass is 9.79. The molecular formula is C14H28N2. The van der Waals surface area contributed by atoms with Gasteiger partial charge in [-0.1, -0.05) is 13.8 Å².